The minimum atomic E-state index is -0.416. The SMILES string of the molecule is Cc1ccccc1[P@](C)N. The topological polar surface area (TPSA) is 26.0 Å². The Morgan fingerprint density at radius 1 is 1.30 bits per heavy atom. The predicted molar refractivity (Wildman–Crippen MR) is 47.8 cm³/mol. The van der Waals surface area contributed by atoms with E-state index in [4.69, 9.17) is 5.50 Å². The molecular formula is C8H12NP. The van der Waals surface area contributed by atoms with Crippen molar-refractivity contribution >= 4 is 13.4 Å². The standard InChI is InChI=1S/C8H12NP/c1-7-5-3-4-6-8(7)10(2)9/h3-6H,9H2,1-2H3/t10-/m0/s1. The van der Waals surface area contributed by atoms with Crippen LogP contribution >= 0.6 is 8.07 Å². The van der Waals surface area contributed by atoms with E-state index < -0.39 is 8.07 Å². The summed E-state index contributed by atoms with van der Waals surface area (Å²) < 4.78 is 0. The highest BCUT2D eigenvalue weighted by molar-refractivity contribution is 7.62. The summed E-state index contributed by atoms with van der Waals surface area (Å²) in [5, 5.41) is 1.30. The van der Waals surface area contributed by atoms with Crippen molar-refractivity contribution < 1.29 is 0 Å². The van der Waals surface area contributed by atoms with Crippen LogP contribution in [0.4, 0.5) is 0 Å². The first-order valence-electron chi connectivity index (χ1n) is 3.26. The summed E-state index contributed by atoms with van der Waals surface area (Å²) in [4.78, 5) is 0. The van der Waals surface area contributed by atoms with Gasteiger partial charge < -0.3 is 5.50 Å². The van der Waals surface area contributed by atoms with Crippen LogP contribution in [0.3, 0.4) is 0 Å². The average molecular weight is 153 g/mol. The summed E-state index contributed by atoms with van der Waals surface area (Å²) in [6, 6.07) is 8.27. The molecule has 2 N–H and O–H groups in total. The van der Waals surface area contributed by atoms with Crippen molar-refractivity contribution in [2.45, 2.75) is 6.92 Å². The molecule has 1 atom stereocenters. The largest absolute Gasteiger partial charge is 0.306 e. The molecular weight excluding hydrogens is 141 g/mol. The van der Waals surface area contributed by atoms with Gasteiger partial charge in [-0.2, -0.15) is 0 Å². The Morgan fingerprint density at radius 3 is 2.30 bits per heavy atom. The lowest BCUT2D eigenvalue weighted by Gasteiger charge is -2.07. The summed E-state index contributed by atoms with van der Waals surface area (Å²) in [6.45, 7) is 4.17. The molecule has 0 heterocycles. The van der Waals surface area contributed by atoms with E-state index in [1.54, 1.807) is 0 Å². The van der Waals surface area contributed by atoms with Crippen LogP contribution < -0.4 is 10.8 Å². The number of rotatable bonds is 1. The summed E-state index contributed by atoms with van der Waals surface area (Å²) in [5.41, 5.74) is 7.08. The molecule has 2 heteroatoms. The van der Waals surface area contributed by atoms with Crippen LogP contribution in [-0.4, -0.2) is 6.66 Å². The first kappa shape index (κ1) is 7.71. The van der Waals surface area contributed by atoms with Gasteiger partial charge in [-0.15, -0.1) is 0 Å². The van der Waals surface area contributed by atoms with E-state index >= 15 is 0 Å². The average Bonchev–Trinajstić information content (AvgIpc) is 1.88. The summed E-state index contributed by atoms with van der Waals surface area (Å²) in [7, 11) is -0.416. The third-order valence-corrected chi connectivity index (χ3v) is 2.76. The van der Waals surface area contributed by atoms with Crippen molar-refractivity contribution in [1.29, 1.82) is 0 Å². The van der Waals surface area contributed by atoms with Crippen LogP contribution in [0.2, 0.25) is 0 Å². The molecule has 0 saturated carbocycles. The Morgan fingerprint density at radius 2 is 1.90 bits per heavy atom. The molecule has 0 spiro atoms. The van der Waals surface area contributed by atoms with Crippen LogP contribution in [0.15, 0.2) is 24.3 Å². The van der Waals surface area contributed by atoms with Gasteiger partial charge in [0, 0.05) is 0 Å². The normalized spacial score (nSPS) is 13.1. The lowest BCUT2D eigenvalue weighted by atomic mass is 10.2. The first-order chi connectivity index (χ1) is 4.72. The van der Waals surface area contributed by atoms with Gasteiger partial charge in [0.2, 0.25) is 0 Å². The molecule has 0 aliphatic heterocycles. The fourth-order valence-electron chi connectivity index (χ4n) is 0.959. The monoisotopic (exact) mass is 153 g/mol. The van der Waals surface area contributed by atoms with E-state index in [2.05, 4.69) is 25.7 Å². The van der Waals surface area contributed by atoms with Crippen LogP contribution in [0.25, 0.3) is 0 Å². The van der Waals surface area contributed by atoms with Gasteiger partial charge in [-0.05, 0) is 32.5 Å². The molecule has 0 aliphatic carbocycles. The van der Waals surface area contributed by atoms with E-state index in [1.165, 1.54) is 10.9 Å². The zero-order valence-corrected chi connectivity index (χ0v) is 7.23. The lowest BCUT2D eigenvalue weighted by molar-refractivity contribution is 1.51. The van der Waals surface area contributed by atoms with Gasteiger partial charge in [-0.1, -0.05) is 24.3 Å². The Labute approximate surface area is 63.1 Å². The maximum absolute atomic E-state index is 5.78. The quantitative estimate of drug-likeness (QED) is 0.609. The minimum absolute atomic E-state index is 0.416. The van der Waals surface area contributed by atoms with E-state index in [-0.39, 0.29) is 0 Å². The van der Waals surface area contributed by atoms with E-state index in [1.807, 2.05) is 12.1 Å². The molecule has 0 aromatic heterocycles. The second-order valence-electron chi connectivity index (χ2n) is 2.40. The van der Waals surface area contributed by atoms with Crippen molar-refractivity contribution in [2.75, 3.05) is 6.66 Å². The Bertz CT molecular complexity index is 220. The molecule has 1 aromatic rings. The van der Waals surface area contributed by atoms with Crippen molar-refractivity contribution in [1.82, 2.24) is 0 Å². The predicted octanol–water partition coefficient (Wildman–Crippen LogP) is 1.61. The molecule has 0 amide bonds. The van der Waals surface area contributed by atoms with Crippen molar-refractivity contribution in [2.24, 2.45) is 5.50 Å². The number of hydrogen-bond donors (Lipinski definition) is 1. The lowest BCUT2D eigenvalue weighted by Crippen LogP contribution is -2.08. The van der Waals surface area contributed by atoms with Crippen LogP contribution in [-0.2, 0) is 0 Å². The third kappa shape index (κ3) is 1.56. The van der Waals surface area contributed by atoms with Gasteiger partial charge in [0.25, 0.3) is 0 Å². The van der Waals surface area contributed by atoms with Gasteiger partial charge >= 0.3 is 0 Å². The molecule has 54 valence electrons. The van der Waals surface area contributed by atoms with Gasteiger partial charge in [-0.3, -0.25) is 0 Å². The van der Waals surface area contributed by atoms with E-state index in [0.717, 1.165) is 0 Å². The molecule has 1 rings (SSSR count). The van der Waals surface area contributed by atoms with E-state index in [0.29, 0.717) is 0 Å². The summed E-state index contributed by atoms with van der Waals surface area (Å²) in [6.07, 6.45) is 0. The molecule has 1 nitrogen and oxygen atoms in total. The molecule has 0 bridgehead atoms. The number of hydrogen-bond acceptors (Lipinski definition) is 1. The number of nitrogens with two attached hydrogens (primary N) is 1. The van der Waals surface area contributed by atoms with Gasteiger partial charge in [0.1, 0.15) is 0 Å². The second-order valence-corrected chi connectivity index (χ2v) is 4.10. The van der Waals surface area contributed by atoms with Gasteiger partial charge in [0.15, 0.2) is 0 Å². The first-order valence-corrected chi connectivity index (χ1v) is 5.11. The minimum Gasteiger partial charge on any atom is -0.306 e. The Hall–Kier alpha value is -0.390. The maximum Gasteiger partial charge on any atom is -0.00708 e. The highest BCUT2D eigenvalue weighted by atomic mass is 31.1. The molecule has 0 aliphatic rings. The highest BCUT2D eigenvalue weighted by Crippen LogP contribution is 2.19. The molecule has 0 radical (unpaired) electrons. The number of aryl methyl sites for hydroxylation is 1. The molecule has 0 unspecified atom stereocenters. The van der Waals surface area contributed by atoms with Crippen LogP contribution in [0, 0.1) is 6.92 Å². The van der Waals surface area contributed by atoms with Gasteiger partial charge in [0.05, 0.1) is 0 Å². The Balaban J connectivity index is 3.03. The maximum atomic E-state index is 5.78. The van der Waals surface area contributed by atoms with E-state index in [9.17, 15) is 0 Å². The molecule has 0 fully saturated rings. The van der Waals surface area contributed by atoms with Crippen molar-refractivity contribution in [3.63, 3.8) is 0 Å². The number of benzene rings is 1. The smallest absolute Gasteiger partial charge is 0.00708 e. The zero-order valence-electron chi connectivity index (χ0n) is 6.33. The fourth-order valence-corrected chi connectivity index (χ4v) is 1.91. The molecule has 1 aromatic carbocycles. The fraction of sp³-hybridized carbons (Fsp3) is 0.250. The van der Waals surface area contributed by atoms with Crippen molar-refractivity contribution in [3.8, 4) is 0 Å². The summed E-state index contributed by atoms with van der Waals surface area (Å²) >= 11 is 0. The van der Waals surface area contributed by atoms with Crippen molar-refractivity contribution in [3.05, 3.63) is 29.8 Å². The second kappa shape index (κ2) is 3.14. The Kier molecular flexibility index (Phi) is 2.42. The molecule has 0 saturated heterocycles. The zero-order chi connectivity index (χ0) is 7.56. The van der Waals surface area contributed by atoms with Crippen LogP contribution in [0.5, 0.6) is 0 Å². The van der Waals surface area contributed by atoms with Gasteiger partial charge in [-0.25, -0.2) is 0 Å². The van der Waals surface area contributed by atoms with Crippen LogP contribution in [0.1, 0.15) is 5.56 Å². The summed E-state index contributed by atoms with van der Waals surface area (Å²) in [5.74, 6) is 0. The molecule has 10 heavy (non-hydrogen) atoms. The third-order valence-electron chi connectivity index (χ3n) is 1.50. The highest BCUT2D eigenvalue weighted by Gasteiger charge is 1.99.